The van der Waals surface area contributed by atoms with Crippen molar-refractivity contribution in [1.29, 1.82) is 0 Å². The minimum atomic E-state index is -1.04. The Labute approximate surface area is 229 Å². The smallest absolute Gasteiger partial charge is 0.408 e. The van der Waals surface area contributed by atoms with E-state index in [9.17, 15) is 28.8 Å². The third-order valence-electron chi connectivity index (χ3n) is 5.66. The number of fused-ring (bicyclic) bond motifs is 1. The maximum Gasteiger partial charge on any atom is 0.408 e. The fraction of sp³-hybridized carbons (Fsp3) is 0.520. The molecule has 1 fully saturated rings. The maximum absolute atomic E-state index is 12.8. The molecule has 0 bridgehead atoms. The molecule has 3 rings (SSSR count). The summed E-state index contributed by atoms with van der Waals surface area (Å²) in [6.45, 7) is 7.58. The number of carbonyl (C=O) groups is 6. The highest BCUT2D eigenvalue weighted by molar-refractivity contribution is 8.00. The van der Waals surface area contributed by atoms with Gasteiger partial charge in [-0.15, -0.1) is 11.8 Å². The Hall–Kier alpha value is -3.81. The molecule has 2 N–H and O–H groups in total. The van der Waals surface area contributed by atoms with Crippen LogP contribution in [0.3, 0.4) is 0 Å². The summed E-state index contributed by atoms with van der Waals surface area (Å²) in [6.07, 6.45) is 2.93. The number of hydrogen-bond acceptors (Lipinski definition) is 10. The number of thioether (sulfide) groups is 1. The average molecular weight is 565 g/mol. The number of carbonyl (C=O) groups excluding carboxylic acids is 6. The van der Waals surface area contributed by atoms with Crippen molar-refractivity contribution in [1.82, 2.24) is 20.1 Å². The number of ether oxygens (including phenoxy) is 3. The van der Waals surface area contributed by atoms with Crippen molar-refractivity contribution in [2.75, 3.05) is 12.5 Å². The monoisotopic (exact) mass is 564 g/mol. The summed E-state index contributed by atoms with van der Waals surface area (Å²) in [7, 11) is 0. The number of aromatic nitrogens is 1. The molecular weight excluding hydrogens is 532 g/mol. The van der Waals surface area contributed by atoms with E-state index in [1.807, 2.05) is 0 Å². The zero-order valence-electron chi connectivity index (χ0n) is 22.3. The summed E-state index contributed by atoms with van der Waals surface area (Å²) < 4.78 is 16.7. The largest absolute Gasteiger partial charge is 0.444 e. The van der Waals surface area contributed by atoms with E-state index in [0.717, 1.165) is 0 Å². The van der Waals surface area contributed by atoms with Gasteiger partial charge in [-0.1, -0.05) is 13.8 Å². The molecule has 0 radical (unpaired) electrons. The Kier molecular flexibility index (Phi) is 9.43. The van der Waals surface area contributed by atoms with Gasteiger partial charge in [-0.05, 0) is 44.9 Å². The molecule has 212 valence electrons. The zero-order chi connectivity index (χ0) is 28.9. The Morgan fingerprint density at radius 1 is 1.21 bits per heavy atom. The van der Waals surface area contributed by atoms with Crippen molar-refractivity contribution < 1.29 is 43.0 Å². The summed E-state index contributed by atoms with van der Waals surface area (Å²) in [5, 5.41) is 4.57. The number of aldehydes is 1. The number of alkyl carbamates (subject to hydrolysis) is 1. The highest BCUT2D eigenvalue weighted by atomic mass is 32.2. The molecule has 1 aromatic heterocycles. The average Bonchev–Trinajstić information content (AvgIpc) is 3.30. The fourth-order valence-corrected chi connectivity index (χ4v) is 5.01. The van der Waals surface area contributed by atoms with Crippen LogP contribution >= 0.6 is 11.8 Å². The number of rotatable bonds is 10. The maximum atomic E-state index is 12.8. The molecule has 0 aliphatic carbocycles. The topological polar surface area (TPSA) is 162 Å². The number of amides is 3. The molecule has 0 saturated carbocycles. The molecule has 0 aromatic carbocycles. The first kappa shape index (κ1) is 29.7. The molecule has 3 amide bonds. The predicted octanol–water partition coefficient (Wildman–Crippen LogP) is 1.18. The standard InChI is InChI=1S/C25H32N4O9S/c1-14(2)18(27-24(35)38-25(3,4)5)23(34)37-13-36-22(33)16-8-10-39-21-19(20(32)29(16)21)26-17(31)11-28-9-6-7-15(28)12-30/h6-9,12,14,18-19,21H,10-11,13H2,1-5H3,(H,26,31)(H,27,35). The first-order valence-corrected chi connectivity index (χ1v) is 13.2. The van der Waals surface area contributed by atoms with Crippen molar-refractivity contribution in [2.45, 2.75) is 64.2 Å². The molecule has 39 heavy (non-hydrogen) atoms. The van der Waals surface area contributed by atoms with E-state index in [1.54, 1.807) is 52.9 Å². The number of nitrogens with zero attached hydrogens (tertiary/aromatic N) is 2. The fourth-order valence-electron chi connectivity index (χ4n) is 3.82. The van der Waals surface area contributed by atoms with Crippen molar-refractivity contribution in [2.24, 2.45) is 5.92 Å². The van der Waals surface area contributed by atoms with Crippen LogP contribution in [0.15, 0.2) is 30.1 Å². The van der Waals surface area contributed by atoms with Crippen LogP contribution in [0.5, 0.6) is 0 Å². The molecule has 14 heteroatoms. The van der Waals surface area contributed by atoms with E-state index in [1.165, 1.54) is 27.3 Å². The highest BCUT2D eigenvalue weighted by Gasteiger charge is 2.53. The van der Waals surface area contributed by atoms with Crippen LogP contribution in [0.25, 0.3) is 0 Å². The normalized spacial score (nSPS) is 19.2. The lowest BCUT2D eigenvalue weighted by Gasteiger charge is -2.48. The number of nitrogens with one attached hydrogen (secondary N) is 2. The first-order chi connectivity index (χ1) is 18.3. The van der Waals surface area contributed by atoms with Gasteiger partial charge < -0.3 is 29.4 Å². The molecule has 3 heterocycles. The van der Waals surface area contributed by atoms with Gasteiger partial charge in [-0.2, -0.15) is 0 Å². The molecule has 13 nitrogen and oxygen atoms in total. The summed E-state index contributed by atoms with van der Waals surface area (Å²) in [5.41, 5.74) is -0.452. The van der Waals surface area contributed by atoms with E-state index in [-0.39, 0.29) is 18.2 Å². The molecule has 2 aliphatic heterocycles. The zero-order valence-corrected chi connectivity index (χ0v) is 23.1. The van der Waals surface area contributed by atoms with Crippen LogP contribution < -0.4 is 10.6 Å². The molecular formula is C25H32N4O9S. The lowest BCUT2D eigenvalue weighted by atomic mass is 10.1. The lowest BCUT2D eigenvalue weighted by molar-refractivity contribution is -0.170. The minimum Gasteiger partial charge on any atom is -0.444 e. The van der Waals surface area contributed by atoms with E-state index >= 15 is 0 Å². The second kappa shape index (κ2) is 12.4. The van der Waals surface area contributed by atoms with Crippen LogP contribution in [-0.4, -0.2) is 81.2 Å². The summed E-state index contributed by atoms with van der Waals surface area (Å²) >= 11 is 1.35. The SMILES string of the molecule is CC(C)C(NC(=O)OC(C)(C)C)C(=O)OCOC(=O)C1=CCSC2C(NC(=O)Cn3cccc3C=O)C(=O)N12. The van der Waals surface area contributed by atoms with Gasteiger partial charge in [0.15, 0.2) is 6.29 Å². The van der Waals surface area contributed by atoms with Crippen LogP contribution in [0.4, 0.5) is 4.79 Å². The summed E-state index contributed by atoms with van der Waals surface area (Å²) in [6, 6.07) is 1.31. The van der Waals surface area contributed by atoms with Crippen molar-refractivity contribution in [3.05, 3.63) is 35.8 Å². The third-order valence-corrected chi connectivity index (χ3v) is 6.84. The second-order valence-electron chi connectivity index (χ2n) is 10.1. The van der Waals surface area contributed by atoms with Gasteiger partial charge in [0, 0.05) is 11.9 Å². The number of hydrogen-bond donors (Lipinski definition) is 2. The molecule has 0 spiro atoms. The van der Waals surface area contributed by atoms with Crippen LogP contribution in [0.2, 0.25) is 0 Å². The van der Waals surface area contributed by atoms with Crippen LogP contribution in [0.1, 0.15) is 45.1 Å². The molecule has 3 unspecified atom stereocenters. The lowest BCUT2D eigenvalue weighted by Crippen LogP contribution is -2.70. The first-order valence-electron chi connectivity index (χ1n) is 12.2. The van der Waals surface area contributed by atoms with E-state index in [4.69, 9.17) is 14.2 Å². The quantitative estimate of drug-likeness (QED) is 0.183. The predicted molar refractivity (Wildman–Crippen MR) is 138 cm³/mol. The van der Waals surface area contributed by atoms with E-state index in [2.05, 4.69) is 10.6 Å². The Balaban J connectivity index is 1.50. The molecule has 2 aliphatic rings. The van der Waals surface area contributed by atoms with Crippen molar-refractivity contribution in [3.63, 3.8) is 0 Å². The van der Waals surface area contributed by atoms with Crippen molar-refractivity contribution >= 4 is 47.9 Å². The van der Waals surface area contributed by atoms with Gasteiger partial charge in [-0.3, -0.25) is 19.3 Å². The minimum absolute atomic E-state index is 0.0220. The molecule has 1 saturated heterocycles. The molecule has 3 atom stereocenters. The highest BCUT2D eigenvalue weighted by Crippen LogP contribution is 2.37. The second-order valence-corrected chi connectivity index (χ2v) is 11.3. The van der Waals surface area contributed by atoms with Crippen molar-refractivity contribution in [3.8, 4) is 0 Å². The van der Waals surface area contributed by atoms with E-state index < -0.39 is 59.7 Å². The third kappa shape index (κ3) is 7.40. The number of β-lactam (4-membered cyclic amide) rings is 1. The van der Waals surface area contributed by atoms with Gasteiger partial charge >= 0.3 is 18.0 Å². The Bertz CT molecular complexity index is 1170. The van der Waals surface area contributed by atoms with Gasteiger partial charge in [0.05, 0.1) is 5.69 Å². The van der Waals surface area contributed by atoms with Crippen LogP contribution in [-0.2, 0) is 39.9 Å². The Morgan fingerprint density at radius 3 is 2.56 bits per heavy atom. The van der Waals surface area contributed by atoms with Gasteiger partial charge in [0.25, 0.3) is 5.91 Å². The Morgan fingerprint density at radius 2 is 1.92 bits per heavy atom. The van der Waals surface area contributed by atoms with Gasteiger partial charge in [-0.25, -0.2) is 14.4 Å². The molecule has 1 aromatic rings. The summed E-state index contributed by atoms with van der Waals surface area (Å²) in [4.78, 5) is 74.7. The number of esters is 2. The van der Waals surface area contributed by atoms with Gasteiger partial charge in [0.1, 0.15) is 35.3 Å². The van der Waals surface area contributed by atoms with E-state index in [0.29, 0.717) is 17.7 Å². The van der Waals surface area contributed by atoms with Gasteiger partial charge in [0.2, 0.25) is 12.7 Å². The summed E-state index contributed by atoms with van der Waals surface area (Å²) in [5.74, 6) is -2.61. The van der Waals surface area contributed by atoms with Crippen LogP contribution in [0, 0.1) is 5.92 Å².